The predicted octanol–water partition coefficient (Wildman–Crippen LogP) is 5.12. The van der Waals surface area contributed by atoms with E-state index in [-0.39, 0.29) is 24.5 Å². The smallest absolute Gasteiger partial charge is 0.317 e. The highest BCUT2D eigenvalue weighted by molar-refractivity contribution is 6.31. The van der Waals surface area contributed by atoms with E-state index < -0.39 is 22.9 Å². The zero-order chi connectivity index (χ0) is 27.1. The number of hydrogen-bond donors (Lipinski definition) is 0. The van der Waals surface area contributed by atoms with Crippen molar-refractivity contribution < 1.29 is 14.3 Å². The molecule has 3 aromatic rings. The van der Waals surface area contributed by atoms with E-state index in [2.05, 4.69) is 21.1 Å². The van der Waals surface area contributed by atoms with Crippen LogP contribution in [0.3, 0.4) is 0 Å². The number of aryl methyl sites for hydroxylation is 2. The number of Topliss-reactive ketones (excluding diaryl/α,β-unsaturated/α-hetero) is 1. The van der Waals surface area contributed by atoms with Gasteiger partial charge in [-0.15, -0.1) is 5.10 Å². The number of nitrogens with zero attached hydrogens (tertiary/aromatic N) is 5. The van der Waals surface area contributed by atoms with Gasteiger partial charge in [-0.2, -0.15) is 10.2 Å². The number of ether oxygens (including phenoxy) is 1. The number of ketones is 1. The summed E-state index contributed by atoms with van der Waals surface area (Å²) in [5, 5.41) is 14.4. The van der Waals surface area contributed by atoms with E-state index in [4.69, 9.17) is 16.3 Å². The molecule has 3 heterocycles. The number of aromatic nitrogens is 4. The van der Waals surface area contributed by atoms with Gasteiger partial charge in [-0.05, 0) is 75.1 Å². The van der Waals surface area contributed by atoms with Gasteiger partial charge in [0.1, 0.15) is 11.5 Å². The molecule has 0 spiro atoms. The SMILES string of the molecule is Cc1cnc2nc(CC3C(=O)CC(CCc4ccc(C(C)(C)C#N)c(Cl)c4)(C4CCCC4)OC3=O)nn2c1. The lowest BCUT2D eigenvalue weighted by atomic mass is 9.73. The number of cyclic esters (lactones) is 1. The molecule has 2 aliphatic rings. The molecule has 2 unspecified atom stereocenters. The van der Waals surface area contributed by atoms with Crippen molar-refractivity contribution >= 4 is 29.1 Å². The van der Waals surface area contributed by atoms with Crippen molar-refractivity contribution in [3.63, 3.8) is 0 Å². The van der Waals surface area contributed by atoms with Crippen LogP contribution in [0.15, 0.2) is 30.6 Å². The van der Waals surface area contributed by atoms with Crippen LogP contribution in [0.5, 0.6) is 0 Å². The molecule has 2 fully saturated rings. The first-order valence-electron chi connectivity index (χ1n) is 13.2. The first-order chi connectivity index (χ1) is 18.1. The van der Waals surface area contributed by atoms with Crippen LogP contribution in [0.1, 0.15) is 74.9 Å². The number of nitriles is 1. The lowest BCUT2D eigenvalue weighted by Gasteiger charge is -2.43. The average molecular weight is 534 g/mol. The van der Waals surface area contributed by atoms with E-state index in [9.17, 15) is 14.9 Å². The number of fused-ring (bicyclic) bond motifs is 1. The Balaban J connectivity index is 1.34. The highest BCUT2D eigenvalue weighted by atomic mass is 35.5. The van der Waals surface area contributed by atoms with Gasteiger partial charge in [0.2, 0.25) is 0 Å². The lowest BCUT2D eigenvalue weighted by molar-refractivity contribution is -0.185. The molecular formula is C29H32ClN5O3. The third kappa shape index (κ3) is 5.04. The molecule has 0 radical (unpaired) electrons. The second-order valence-electron chi connectivity index (χ2n) is 11.3. The van der Waals surface area contributed by atoms with Gasteiger partial charge < -0.3 is 4.74 Å². The molecule has 2 aromatic heterocycles. The first kappa shape index (κ1) is 26.3. The Morgan fingerprint density at radius 2 is 2.03 bits per heavy atom. The summed E-state index contributed by atoms with van der Waals surface area (Å²) >= 11 is 6.55. The fourth-order valence-electron chi connectivity index (χ4n) is 5.90. The number of carbonyl (C=O) groups is 2. The molecule has 1 saturated carbocycles. The minimum Gasteiger partial charge on any atom is -0.458 e. The summed E-state index contributed by atoms with van der Waals surface area (Å²) < 4.78 is 7.81. The van der Waals surface area contributed by atoms with E-state index >= 15 is 0 Å². The largest absolute Gasteiger partial charge is 0.458 e. The van der Waals surface area contributed by atoms with Crippen LogP contribution in [0.4, 0.5) is 0 Å². The van der Waals surface area contributed by atoms with Gasteiger partial charge in [-0.1, -0.05) is 36.6 Å². The second-order valence-corrected chi connectivity index (χ2v) is 11.7. The van der Waals surface area contributed by atoms with Gasteiger partial charge in [0.05, 0.1) is 11.5 Å². The van der Waals surface area contributed by atoms with Crippen molar-refractivity contribution in [1.29, 1.82) is 5.26 Å². The molecule has 0 bridgehead atoms. The van der Waals surface area contributed by atoms with Gasteiger partial charge in [0, 0.05) is 30.3 Å². The van der Waals surface area contributed by atoms with Gasteiger partial charge in [0.25, 0.3) is 5.78 Å². The molecule has 9 heteroatoms. The molecule has 1 aromatic carbocycles. The molecule has 8 nitrogen and oxygen atoms in total. The fraction of sp³-hybridized carbons (Fsp3) is 0.517. The number of rotatable bonds is 7. The summed E-state index contributed by atoms with van der Waals surface area (Å²) in [5.74, 6) is -0.512. The van der Waals surface area contributed by atoms with Crippen molar-refractivity contribution in [1.82, 2.24) is 19.6 Å². The predicted molar refractivity (Wildman–Crippen MR) is 142 cm³/mol. The Kier molecular flexibility index (Phi) is 6.99. The van der Waals surface area contributed by atoms with Crippen molar-refractivity contribution in [2.45, 2.75) is 83.2 Å². The Hall–Kier alpha value is -3.31. The van der Waals surface area contributed by atoms with Crippen molar-refractivity contribution in [3.8, 4) is 6.07 Å². The molecule has 0 N–H and O–H groups in total. The Morgan fingerprint density at radius 3 is 2.71 bits per heavy atom. The molecule has 38 heavy (non-hydrogen) atoms. The Bertz CT molecular complexity index is 1420. The van der Waals surface area contributed by atoms with Crippen molar-refractivity contribution in [2.75, 3.05) is 0 Å². The van der Waals surface area contributed by atoms with E-state index in [1.807, 2.05) is 45.2 Å². The first-order valence-corrected chi connectivity index (χ1v) is 13.6. The van der Waals surface area contributed by atoms with E-state index in [1.54, 1.807) is 10.7 Å². The maximum absolute atomic E-state index is 13.5. The number of carbonyl (C=O) groups excluding carboxylic acids is 2. The van der Waals surface area contributed by atoms with E-state index in [0.29, 0.717) is 29.5 Å². The Labute approximate surface area is 227 Å². The third-order valence-corrected chi connectivity index (χ3v) is 8.44. The van der Waals surface area contributed by atoms with Gasteiger partial charge in [-0.25, -0.2) is 9.50 Å². The topological polar surface area (TPSA) is 110 Å². The van der Waals surface area contributed by atoms with Crippen LogP contribution in [-0.4, -0.2) is 36.9 Å². The van der Waals surface area contributed by atoms with Crippen LogP contribution in [0.2, 0.25) is 5.02 Å². The summed E-state index contributed by atoms with van der Waals surface area (Å²) in [4.78, 5) is 35.5. The number of halogens is 1. The normalized spacial score (nSPS) is 22.6. The zero-order valence-electron chi connectivity index (χ0n) is 22.0. The number of benzene rings is 1. The lowest BCUT2D eigenvalue weighted by Crippen LogP contribution is -2.52. The molecule has 198 valence electrons. The van der Waals surface area contributed by atoms with Crippen LogP contribution in [-0.2, 0) is 32.6 Å². The number of hydrogen-bond acceptors (Lipinski definition) is 7. The highest BCUT2D eigenvalue weighted by Gasteiger charge is 2.51. The standard InChI is InChI=1S/C29H32ClN5O3/c1-18-15-32-27-33-25(34-35(27)16-18)13-21-24(36)14-29(38-26(21)37,20-6-4-5-7-20)11-10-19-8-9-22(23(30)12-19)28(2,3)17-31/h8-9,12,15-16,20-21H,4-7,10-11,13-14H2,1-3H3. The molecule has 1 saturated heterocycles. The quantitative estimate of drug-likeness (QED) is 0.306. The summed E-state index contributed by atoms with van der Waals surface area (Å²) in [6, 6.07) is 8.05. The molecule has 2 atom stereocenters. The van der Waals surface area contributed by atoms with E-state index in [0.717, 1.165) is 42.4 Å². The Morgan fingerprint density at radius 1 is 1.26 bits per heavy atom. The molecular weight excluding hydrogens is 502 g/mol. The maximum atomic E-state index is 13.5. The minimum absolute atomic E-state index is 0.104. The van der Waals surface area contributed by atoms with E-state index in [1.165, 1.54) is 0 Å². The summed E-state index contributed by atoms with van der Waals surface area (Å²) in [6.07, 6.45) is 9.02. The molecule has 0 amide bonds. The van der Waals surface area contributed by atoms with Crippen LogP contribution in [0, 0.1) is 30.1 Å². The highest BCUT2D eigenvalue weighted by Crippen LogP contribution is 2.45. The van der Waals surface area contributed by atoms with Crippen molar-refractivity contribution in [3.05, 3.63) is 58.1 Å². The summed E-state index contributed by atoms with van der Waals surface area (Å²) in [6.45, 7) is 5.59. The van der Waals surface area contributed by atoms with Gasteiger partial charge >= 0.3 is 5.97 Å². The van der Waals surface area contributed by atoms with Crippen LogP contribution < -0.4 is 0 Å². The second kappa shape index (κ2) is 10.1. The number of esters is 1. The van der Waals surface area contributed by atoms with Crippen LogP contribution >= 0.6 is 11.6 Å². The van der Waals surface area contributed by atoms with Crippen molar-refractivity contribution in [2.24, 2.45) is 11.8 Å². The fourth-order valence-corrected chi connectivity index (χ4v) is 6.34. The molecule has 1 aliphatic carbocycles. The van der Waals surface area contributed by atoms with Crippen LogP contribution in [0.25, 0.3) is 5.78 Å². The third-order valence-electron chi connectivity index (χ3n) is 8.13. The minimum atomic E-state index is -0.912. The monoisotopic (exact) mass is 533 g/mol. The average Bonchev–Trinajstić information content (AvgIpc) is 3.55. The van der Waals surface area contributed by atoms with Gasteiger partial charge in [0.15, 0.2) is 11.6 Å². The molecule has 5 rings (SSSR count). The summed E-state index contributed by atoms with van der Waals surface area (Å²) in [7, 11) is 0. The molecule has 1 aliphatic heterocycles. The maximum Gasteiger partial charge on any atom is 0.317 e. The summed E-state index contributed by atoms with van der Waals surface area (Å²) in [5.41, 5.74) is 1.21. The zero-order valence-corrected chi connectivity index (χ0v) is 22.8. The van der Waals surface area contributed by atoms with Gasteiger partial charge in [-0.3, -0.25) is 9.59 Å².